The standard InChI is InChI=1S/C16H24N2O2/c1-11(2)16(19)18-15-6-4-14(5-7-15)17-12(3)13-8-9-20-10-13/h4-7,11-13,17H,8-10H2,1-3H3,(H,18,19). The summed E-state index contributed by atoms with van der Waals surface area (Å²) in [6.07, 6.45) is 1.12. The third-order valence-corrected chi connectivity index (χ3v) is 3.74. The lowest BCUT2D eigenvalue weighted by Gasteiger charge is -2.20. The monoisotopic (exact) mass is 276 g/mol. The number of carbonyl (C=O) groups excluding carboxylic acids is 1. The van der Waals surface area contributed by atoms with Crippen LogP contribution in [0.15, 0.2) is 24.3 Å². The first kappa shape index (κ1) is 14.9. The minimum Gasteiger partial charge on any atom is -0.382 e. The number of rotatable bonds is 5. The third-order valence-electron chi connectivity index (χ3n) is 3.74. The van der Waals surface area contributed by atoms with Crippen molar-refractivity contribution in [2.75, 3.05) is 23.8 Å². The molecular weight excluding hydrogens is 252 g/mol. The zero-order chi connectivity index (χ0) is 14.5. The molecule has 0 radical (unpaired) electrons. The fourth-order valence-corrected chi connectivity index (χ4v) is 2.26. The van der Waals surface area contributed by atoms with Gasteiger partial charge in [0.2, 0.25) is 5.91 Å². The van der Waals surface area contributed by atoms with Gasteiger partial charge < -0.3 is 15.4 Å². The molecule has 0 aromatic heterocycles. The summed E-state index contributed by atoms with van der Waals surface area (Å²) in [6, 6.07) is 8.26. The highest BCUT2D eigenvalue weighted by Gasteiger charge is 2.21. The van der Waals surface area contributed by atoms with E-state index in [9.17, 15) is 4.79 Å². The van der Waals surface area contributed by atoms with Crippen molar-refractivity contribution in [3.8, 4) is 0 Å². The van der Waals surface area contributed by atoms with E-state index in [1.165, 1.54) is 0 Å². The number of hydrogen-bond donors (Lipinski definition) is 2. The average molecular weight is 276 g/mol. The van der Waals surface area contributed by atoms with Crippen LogP contribution in [0.2, 0.25) is 0 Å². The normalized spacial score (nSPS) is 19.9. The fourth-order valence-electron chi connectivity index (χ4n) is 2.26. The molecule has 1 aromatic carbocycles. The van der Waals surface area contributed by atoms with E-state index in [0.29, 0.717) is 12.0 Å². The molecule has 1 amide bonds. The van der Waals surface area contributed by atoms with E-state index in [0.717, 1.165) is 31.0 Å². The Labute approximate surface area is 120 Å². The molecule has 1 fully saturated rings. The second-order valence-electron chi connectivity index (χ2n) is 5.78. The number of anilines is 2. The van der Waals surface area contributed by atoms with Crippen LogP contribution >= 0.6 is 0 Å². The number of hydrogen-bond acceptors (Lipinski definition) is 3. The van der Waals surface area contributed by atoms with Gasteiger partial charge in [0.1, 0.15) is 0 Å². The average Bonchev–Trinajstić information content (AvgIpc) is 2.95. The van der Waals surface area contributed by atoms with Gasteiger partial charge in [-0.15, -0.1) is 0 Å². The first-order chi connectivity index (χ1) is 9.56. The molecule has 2 rings (SSSR count). The molecule has 1 saturated heterocycles. The summed E-state index contributed by atoms with van der Waals surface area (Å²) >= 11 is 0. The SMILES string of the molecule is CC(C)C(=O)Nc1ccc(NC(C)C2CCOC2)cc1. The Morgan fingerprint density at radius 1 is 1.20 bits per heavy atom. The first-order valence-corrected chi connectivity index (χ1v) is 7.31. The highest BCUT2D eigenvalue weighted by atomic mass is 16.5. The smallest absolute Gasteiger partial charge is 0.226 e. The van der Waals surface area contributed by atoms with Gasteiger partial charge in [0, 0.05) is 35.9 Å². The van der Waals surface area contributed by atoms with Gasteiger partial charge in [-0.1, -0.05) is 13.8 Å². The molecule has 2 atom stereocenters. The van der Waals surface area contributed by atoms with Gasteiger partial charge in [-0.25, -0.2) is 0 Å². The predicted molar refractivity (Wildman–Crippen MR) is 81.9 cm³/mol. The van der Waals surface area contributed by atoms with Crippen LogP contribution in [-0.2, 0) is 9.53 Å². The summed E-state index contributed by atoms with van der Waals surface area (Å²) < 4.78 is 5.41. The second kappa shape index (κ2) is 6.75. The van der Waals surface area contributed by atoms with Crippen LogP contribution in [0.5, 0.6) is 0 Å². The predicted octanol–water partition coefficient (Wildman–Crippen LogP) is 3.12. The Hall–Kier alpha value is -1.55. The van der Waals surface area contributed by atoms with E-state index in [1.807, 2.05) is 38.1 Å². The molecule has 1 aromatic rings. The van der Waals surface area contributed by atoms with E-state index in [2.05, 4.69) is 17.6 Å². The van der Waals surface area contributed by atoms with Gasteiger partial charge in [0.05, 0.1) is 6.61 Å². The first-order valence-electron chi connectivity index (χ1n) is 7.31. The quantitative estimate of drug-likeness (QED) is 0.868. The number of nitrogens with one attached hydrogen (secondary N) is 2. The van der Waals surface area contributed by atoms with E-state index in [-0.39, 0.29) is 11.8 Å². The molecule has 0 bridgehead atoms. The number of ether oxygens (including phenoxy) is 1. The lowest BCUT2D eigenvalue weighted by molar-refractivity contribution is -0.118. The van der Waals surface area contributed by atoms with Crippen LogP contribution in [0.3, 0.4) is 0 Å². The maximum Gasteiger partial charge on any atom is 0.226 e. The molecule has 110 valence electrons. The van der Waals surface area contributed by atoms with Crippen LogP contribution < -0.4 is 10.6 Å². The number of amides is 1. The maximum absolute atomic E-state index is 11.6. The lowest BCUT2D eigenvalue weighted by atomic mass is 10.0. The molecular formula is C16H24N2O2. The van der Waals surface area contributed by atoms with Crippen molar-refractivity contribution in [3.63, 3.8) is 0 Å². The summed E-state index contributed by atoms with van der Waals surface area (Å²) in [6.45, 7) is 7.68. The van der Waals surface area contributed by atoms with Crippen molar-refractivity contribution in [1.29, 1.82) is 0 Å². The van der Waals surface area contributed by atoms with Gasteiger partial charge in [-0.2, -0.15) is 0 Å². The van der Waals surface area contributed by atoms with Gasteiger partial charge in [0.15, 0.2) is 0 Å². The largest absolute Gasteiger partial charge is 0.382 e. The molecule has 4 nitrogen and oxygen atoms in total. The third kappa shape index (κ3) is 3.97. The molecule has 1 heterocycles. The Balaban J connectivity index is 1.89. The molecule has 0 saturated carbocycles. The number of benzene rings is 1. The molecule has 4 heteroatoms. The maximum atomic E-state index is 11.6. The van der Waals surface area contributed by atoms with E-state index >= 15 is 0 Å². The summed E-state index contributed by atoms with van der Waals surface area (Å²) in [7, 11) is 0. The zero-order valence-corrected chi connectivity index (χ0v) is 12.5. The molecule has 20 heavy (non-hydrogen) atoms. The molecule has 0 spiro atoms. The van der Waals surface area contributed by atoms with Gasteiger partial charge in [0.25, 0.3) is 0 Å². The van der Waals surface area contributed by atoms with Gasteiger partial charge in [-0.05, 0) is 37.6 Å². The topological polar surface area (TPSA) is 50.4 Å². The van der Waals surface area contributed by atoms with Crippen molar-refractivity contribution in [2.45, 2.75) is 33.2 Å². The van der Waals surface area contributed by atoms with E-state index < -0.39 is 0 Å². The van der Waals surface area contributed by atoms with Crippen LogP contribution in [0.1, 0.15) is 27.2 Å². The molecule has 1 aliphatic rings. The number of carbonyl (C=O) groups is 1. The second-order valence-corrected chi connectivity index (χ2v) is 5.78. The van der Waals surface area contributed by atoms with Crippen LogP contribution in [-0.4, -0.2) is 25.2 Å². The van der Waals surface area contributed by atoms with Crippen molar-refractivity contribution in [2.24, 2.45) is 11.8 Å². The van der Waals surface area contributed by atoms with Crippen molar-refractivity contribution in [3.05, 3.63) is 24.3 Å². The molecule has 2 unspecified atom stereocenters. The van der Waals surface area contributed by atoms with Crippen molar-refractivity contribution < 1.29 is 9.53 Å². The highest BCUT2D eigenvalue weighted by molar-refractivity contribution is 5.92. The summed E-state index contributed by atoms with van der Waals surface area (Å²) in [5.74, 6) is 0.618. The fraction of sp³-hybridized carbons (Fsp3) is 0.562. The summed E-state index contributed by atoms with van der Waals surface area (Å²) in [5, 5.41) is 6.38. The Kier molecular flexibility index (Phi) is 5.01. The van der Waals surface area contributed by atoms with Crippen LogP contribution in [0, 0.1) is 11.8 Å². The van der Waals surface area contributed by atoms with Gasteiger partial charge in [-0.3, -0.25) is 4.79 Å². The van der Waals surface area contributed by atoms with Crippen LogP contribution in [0.4, 0.5) is 11.4 Å². The minimum absolute atomic E-state index is 0.00445. The molecule has 0 aliphatic carbocycles. The van der Waals surface area contributed by atoms with E-state index in [4.69, 9.17) is 4.74 Å². The highest BCUT2D eigenvalue weighted by Crippen LogP contribution is 2.21. The Morgan fingerprint density at radius 2 is 1.85 bits per heavy atom. The van der Waals surface area contributed by atoms with Crippen molar-refractivity contribution in [1.82, 2.24) is 0 Å². The lowest BCUT2D eigenvalue weighted by Crippen LogP contribution is -2.26. The van der Waals surface area contributed by atoms with Crippen molar-refractivity contribution >= 4 is 17.3 Å². The zero-order valence-electron chi connectivity index (χ0n) is 12.5. The molecule has 2 N–H and O–H groups in total. The van der Waals surface area contributed by atoms with E-state index in [1.54, 1.807) is 0 Å². The summed E-state index contributed by atoms with van der Waals surface area (Å²) in [4.78, 5) is 11.6. The Bertz CT molecular complexity index is 436. The minimum atomic E-state index is -0.00445. The Morgan fingerprint density at radius 3 is 2.40 bits per heavy atom. The molecule has 1 aliphatic heterocycles. The van der Waals surface area contributed by atoms with Gasteiger partial charge >= 0.3 is 0 Å². The van der Waals surface area contributed by atoms with Crippen LogP contribution in [0.25, 0.3) is 0 Å². The summed E-state index contributed by atoms with van der Waals surface area (Å²) in [5.41, 5.74) is 1.91.